The van der Waals surface area contributed by atoms with Crippen molar-refractivity contribution < 1.29 is 34.2 Å². The minimum atomic E-state index is -1.26. The molecule has 4 bridgehead atoms. The Morgan fingerprint density at radius 2 is 1.53 bits per heavy atom. The van der Waals surface area contributed by atoms with Crippen molar-refractivity contribution in [1.29, 1.82) is 0 Å². The molecule has 4 rings (SSSR count). The maximum absolute atomic E-state index is 14.4. The summed E-state index contributed by atoms with van der Waals surface area (Å²) in [4.78, 5) is 69.3. The van der Waals surface area contributed by atoms with Crippen molar-refractivity contribution in [1.82, 2.24) is 26.2 Å². The van der Waals surface area contributed by atoms with Gasteiger partial charge in [0.25, 0.3) is 0 Å². The highest BCUT2D eigenvalue weighted by atomic mass is 16.3. The van der Waals surface area contributed by atoms with Crippen LogP contribution in [0.5, 0.6) is 11.5 Å². The number of amides is 5. The summed E-state index contributed by atoms with van der Waals surface area (Å²) in [6.45, 7) is 1.20. The van der Waals surface area contributed by atoms with Crippen molar-refractivity contribution in [2.24, 2.45) is 22.9 Å². The van der Waals surface area contributed by atoms with Crippen LogP contribution in [-0.4, -0.2) is 108 Å². The third-order valence-electron chi connectivity index (χ3n) is 9.25. The number of hydrogen-bond acceptors (Lipinski definition) is 11. The second kappa shape index (κ2) is 18.5. The first-order chi connectivity index (χ1) is 24.5. The topological polar surface area (TPSA) is 281 Å². The monoisotopic (exact) mass is 709 g/mol. The summed E-state index contributed by atoms with van der Waals surface area (Å²) < 4.78 is 0. The van der Waals surface area contributed by atoms with E-state index >= 15 is 0 Å². The van der Waals surface area contributed by atoms with Gasteiger partial charge < -0.3 is 59.3 Å². The number of likely N-dealkylation sites (tertiary alicyclic amines) is 1. The molecule has 2 aromatic carbocycles. The number of phenols is 2. The van der Waals surface area contributed by atoms with Gasteiger partial charge in [-0.15, -0.1) is 0 Å². The normalized spacial score (nSPS) is 21.5. The molecule has 1 fully saturated rings. The lowest BCUT2D eigenvalue weighted by atomic mass is 9.95. The predicted molar refractivity (Wildman–Crippen MR) is 190 cm³/mol. The zero-order chi connectivity index (χ0) is 37.1. The number of phenolic OH excluding ortho intramolecular Hbond substituents is 2. The number of nitrogens with two attached hydrogens (primary N) is 4. The summed E-state index contributed by atoms with van der Waals surface area (Å²) in [6.07, 6.45) is 1.92. The van der Waals surface area contributed by atoms with Crippen LogP contribution < -0.4 is 44.2 Å². The summed E-state index contributed by atoms with van der Waals surface area (Å²) in [7, 11) is 0. The van der Waals surface area contributed by atoms with Crippen LogP contribution in [-0.2, 0) is 36.8 Å². The van der Waals surface area contributed by atoms with Crippen LogP contribution in [0.3, 0.4) is 0 Å². The zero-order valence-electron chi connectivity index (χ0n) is 28.7. The van der Waals surface area contributed by atoms with Crippen LogP contribution >= 0.6 is 0 Å². The van der Waals surface area contributed by atoms with E-state index in [1.54, 1.807) is 24.3 Å². The first-order valence-corrected chi connectivity index (χ1v) is 17.5. The molecule has 16 nitrogen and oxygen atoms in total. The number of benzene rings is 2. The Bertz CT molecular complexity index is 1570. The SMILES string of the molecule is NCCC[C@@H]1NC(=O)[C@@H](N)Cc2cc(ccc2O)-c2ccc(O)c(c2)C[C@H](C(=O)N2CCC[C@H]2C(=O)N[C@@H](CCCN)C(=O)NCCN)NC1=O. The smallest absolute Gasteiger partial charge is 0.246 e. The molecule has 0 radical (unpaired) electrons. The van der Waals surface area contributed by atoms with Crippen molar-refractivity contribution in [3.63, 3.8) is 0 Å². The molecule has 2 aromatic rings. The van der Waals surface area contributed by atoms with E-state index in [0.717, 1.165) is 0 Å². The largest absolute Gasteiger partial charge is 0.508 e. The van der Waals surface area contributed by atoms with Crippen LogP contribution in [0.25, 0.3) is 11.1 Å². The fourth-order valence-corrected chi connectivity index (χ4v) is 6.43. The van der Waals surface area contributed by atoms with Crippen LogP contribution in [0.15, 0.2) is 36.4 Å². The van der Waals surface area contributed by atoms with Crippen molar-refractivity contribution in [3.05, 3.63) is 47.5 Å². The second-order valence-electron chi connectivity index (χ2n) is 13.0. The molecule has 5 atom stereocenters. The molecular weight excluding hydrogens is 658 g/mol. The number of nitrogens with zero attached hydrogens (tertiary/aromatic N) is 1. The standard InChI is InChI=1S/C35H51N9O7/c36-11-1-4-25(32(48)40-14-13-38)42-34(50)28-6-3-15-44(28)35(51)27-19-23-17-21(8-10-30(23)46)20-7-9-29(45)22(16-20)18-24(39)31(47)41-26(5-2-12-37)33(49)43-27/h7-10,16-17,24-28,45-46H,1-6,11-15,18-19,36-39H2,(H,40,48)(H,41,47)(H,42,50)(H,43,49)/t24-,25-,26-,27+,28-/m0/s1. The zero-order valence-corrected chi connectivity index (χ0v) is 28.7. The number of aromatic hydroxyl groups is 2. The molecule has 0 spiro atoms. The first kappa shape index (κ1) is 39.0. The first-order valence-electron chi connectivity index (χ1n) is 17.5. The number of nitrogens with one attached hydrogen (secondary N) is 4. The highest BCUT2D eigenvalue weighted by Crippen LogP contribution is 2.31. The lowest BCUT2D eigenvalue weighted by molar-refractivity contribution is -0.142. The molecule has 16 heteroatoms. The quantitative estimate of drug-likeness (QED) is 0.117. The maximum Gasteiger partial charge on any atom is 0.246 e. The molecule has 5 amide bonds. The fraction of sp³-hybridized carbons (Fsp3) is 0.514. The molecule has 278 valence electrons. The molecular formula is C35H51N9O7. The average molecular weight is 710 g/mol. The molecule has 2 aliphatic heterocycles. The van der Waals surface area contributed by atoms with Gasteiger partial charge in [-0.05, 0) is 98.1 Å². The van der Waals surface area contributed by atoms with E-state index in [0.29, 0.717) is 54.5 Å². The average Bonchev–Trinajstić information content (AvgIpc) is 3.61. The number of rotatable bonds is 12. The maximum atomic E-state index is 14.4. The third kappa shape index (κ3) is 10.2. The third-order valence-corrected chi connectivity index (χ3v) is 9.25. The van der Waals surface area contributed by atoms with E-state index in [1.807, 2.05) is 0 Å². The highest BCUT2D eigenvalue weighted by Gasteiger charge is 2.40. The Hall–Kier alpha value is -4.77. The van der Waals surface area contributed by atoms with Gasteiger partial charge >= 0.3 is 0 Å². The lowest BCUT2D eigenvalue weighted by Gasteiger charge is -2.31. The molecule has 2 heterocycles. The van der Waals surface area contributed by atoms with Gasteiger partial charge in [-0.25, -0.2) is 0 Å². The van der Waals surface area contributed by atoms with Gasteiger partial charge in [-0.1, -0.05) is 12.1 Å². The Balaban J connectivity index is 1.69. The van der Waals surface area contributed by atoms with E-state index in [9.17, 15) is 34.2 Å². The van der Waals surface area contributed by atoms with Crippen LogP contribution in [0.2, 0.25) is 0 Å². The van der Waals surface area contributed by atoms with Crippen LogP contribution in [0.1, 0.15) is 49.7 Å². The Kier molecular flexibility index (Phi) is 14.1. The molecule has 0 saturated carbocycles. The predicted octanol–water partition coefficient (Wildman–Crippen LogP) is -1.81. The van der Waals surface area contributed by atoms with Gasteiger partial charge in [0.1, 0.15) is 35.7 Å². The van der Waals surface area contributed by atoms with Crippen LogP contribution in [0, 0.1) is 0 Å². The Labute approximate surface area is 297 Å². The number of carbonyl (C=O) groups excluding carboxylic acids is 5. The van der Waals surface area contributed by atoms with Crippen molar-refractivity contribution in [2.75, 3.05) is 32.7 Å². The minimum Gasteiger partial charge on any atom is -0.508 e. The summed E-state index contributed by atoms with van der Waals surface area (Å²) in [5.41, 5.74) is 25.2. The summed E-state index contributed by atoms with van der Waals surface area (Å²) in [5, 5.41) is 32.4. The van der Waals surface area contributed by atoms with E-state index in [-0.39, 0.29) is 63.4 Å². The van der Waals surface area contributed by atoms with Gasteiger partial charge in [0, 0.05) is 32.5 Å². The van der Waals surface area contributed by atoms with E-state index in [4.69, 9.17) is 22.9 Å². The van der Waals surface area contributed by atoms with E-state index in [2.05, 4.69) is 21.3 Å². The summed E-state index contributed by atoms with van der Waals surface area (Å²) in [6, 6.07) is 4.37. The highest BCUT2D eigenvalue weighted by molar-refractivity contribution is 5.96. The van der Waals surface area contributed by atoms with Crippen molar-refractivity contribution in [2.45, 2.75) is 81.6 Å². The van der Waals surface area contributed by atoms with Crippen molar-refractivity contribution in [3.8, 4) is 22.6 Å². The fourth-order valence-electron chi connectivity index (χ4n) is 6.43. The minimum absolute atomic E-state index is 0.0248. The van der Waals surface area contributed by atoms with Gasteiger partial charge in [-0.3, -0.25) is 24.0 Å². The van der Waals surface area contributed by atoms with Gasteiger partial charge in [-0.2, -0.15) is 0 Å². The van der Waals surface area contributed by atoms with Gasteiger partial charge in [0.15, 0.2) is 0 Å². The summed E-state index contributed by atoms with van der Waals surface area (Å²) >= 11 is 0. The summed E-state index contributed by atoms with van der Waals surface area (Å²) in [5.74, 6) is -2.99. The van der Waals surface area contributed by atoms with Crippen molar-refractivity contribution >= 4 is 29.5 Å². The van der Waals surface area contributed by atoms with Gasteiger partial charge in [0.05, 0.1) is 6.04 Å². The molecule has 2 aliphatic rings. The molecule has 0 aromatic heterocycles. The van der Waals surface area contributed by atoms with E-state index < -0.39 is 59.7 Å². The number of carbonyl (C=O) groups is 5. The second-order valence-corrected chi connectivity index (χ2v) is 13.0. The molecule has 0 unspecified atom stereocenters. The Morgan fingerprint density at radius 3 is 2.16 bits per heavy atom. The Morgan fingerprint density at radius 1 is 0.882 bits per heavy atom. The molecule has 0 aliphatic carbocycles. The lowest BCUT2D eigenvalue weighted by Crippen LogP contribution is -2.59. The number of fused-ring (bicyclic) bond motifs is 5. The molecule has 1 saturated heterocycles. The van der Waals surface area contributed by atoms with Gasteiger partial charge in [0.2, 0.25) is 29.5 Å². The van der Waals surface area contributed by atoms with Crippen LogP contribution in [0.4, 0.5) is 0 Å². The number of hydrogen-bond donors (Lipinski definition) is 10. The molecule has 51 heavy (non-hydrogen) atoms. The van der Waals surface area contributed by atoms with E-state index in [1.165, 1.54) is 17.0 Å². The molecule has 14 N–H and O–H groups in total.